The fourth-order valence-electron chi connectivity index (χ4n) is 2.23. The number of rotatable bonds is 3. The van der Waals surface area contributed by atoms with Crippen LogP contribution in [0.2, 0.25) is 0 Å². The average molecular weight is 294 g/mol. The molecule has 5 heteroatoms. The lowest BCUT2D eigenvalue weighted by Gasteiger charge is -2.10. The molecule has 2 aromatic carbocycles. The Labute approximate surface area is 127 Å². The fourth-order valence-corrected chi connectivity index (χ4v) is 2.23. The summed E-state index contributed by atoms with van der Waals surface area (Å²) in [5.41, 5.74) is 1.18. The van der Waals surface area contributed by atoms with Crippen molar-refractivity contribution in [1.29, 1.82) is 0 Å². The molecule has 0 aliphatic rings. The van der Waals surface area contributed by atoms with Crippen LogP contribution in [0.5, 0.6) is 11.6 Å². The van der Waals surface area contributed by atoms with Crippen molar-refractivity contribution in [2.24, 2.45) is 0 Å². The van der Waals surface area contributed by atoms with Crippen LogP contribution < -0.4 is 10.1 Å². The summed E-state index contributed by atoms with van der Waals surface area (Å²) in [4.78, 5) is 16.4. The Morgan fingerprint density at radius 1 is 1.14 bits per heavy atom. The summed E-state index contributed by atoms with van der Waals surface area (Å²) in [5, 5.41) is 14.0. The molecule has 1 heterocycles. The predicted molar refractivity (Wildman–Crippen MR) is 84.4 cm³/mol. The Bertz CT molecular complexity index is 824. The molecule has 0 fully saturated rings. The van der Waals surface area contributed by atoms with E-state index in [0.29, 0.717) is 5.56 Å². The third kappa shape index (κ3) is 2.56. The highest BCUT2D eigenvalue weighted by Crippen LogP contribution is 2.30. The third-order valence-electron chi connectivity index (χ3n) is 3.32. The van der Waals surface area contributed by atoms with E-state index in [-0.39, 0.29) is 11.6 Å². The van der Waals surface area contributed by atoms with Crippen molar-refractivity contribution in [2.45, 2.75) is 0 Å². The van der Waals surface area contributed by atoms with Crippen molar-refractivity contribution in [3.05, 3.63) is 60.3 Å². The van der Waals surface area contributed by atoms with Crippen molar-refractivity contribution in [3.8, 4) is 11.6 Å². The Morgan fingerprint density at radius 2 is 1.91 bits per heavy atom. The number of carbonyl (C=O) groups excluding carboxylic acids is 1. The summed E-state index contributed by atoms with van der Waals surface area (Å²) in [7, 11) is 1.80. The minimum Gasteiger partial charge on any atom is -0.508 e. The molecule has 2 N–H and O–H groups in total. The van der Waals surface area contributed by atoms with Gasteiger partial charge in [0.25, 0.3) is 0 Å². The number of phenolic OH excluding ortho intramolecular Hbond substituents is 1. The Kier molecular flexibility index (Phi) is 3.62. The number of nitrogens with zero attached hydrogens (tertiary/aromatic N) is 1. The Morgan fingerprint density at radius 3 is 2.64 bits per heavy atom. The number of benzene rings is 2. The highest BCUT2D eigenvalue weighted by Gasteiger charge is 2.14. The van der Waals surface area contributed by atoms with Gasteiger partial charge in [0, 0.05) is 18.9 Å². The number of aromatic hydroxyl groups is 1. The summed E-state index contributed by atoms with van der Waals surface area (Å²) in [6, 6.07) is 13.5. The number of hydrogen-bond donors (Lipinski definition) is 2. The van der Waals surface area contributed by atoms with Crippen LogP contribution in [-0.2, 0) is 0 Å². The number of carbonyl (C=O) groups is 1. The maximum atomic E-state index is 12.2. The maximum absolute atomic E-state index is 12.2. The van der Waals surface area contributed by atoms with Crippen LogP contribution in [0, 0.1) is 0 Å². The van der Waals surface area contributed by atoms with Crippen molar-refractivity contribution in [2.75, 3.05) is 12.4 Å². The first-order valence-corrected chi connectivity index (χ1v) is 6.76. The molecule has 0 saturated carbocycles. The zero-order chi connectivity index (χ0) is 15.5. The standard InChI is InChI=1S/C17H14N2O3/c1-18-14-4-2-3-11-9-10-19-16(15(11)14)22-17(21)12-5-7-13(20)8-6-12/h2-10,18,20H,1H3. The second kappa shape index (κ2) is 5.73. The highest BCUT2D eigenvalue weighted by atomic mass is 16.5. The normalized spacial score (nSPS) is 10.4. The molecule has 0 aliphatic heterocycles. The minimum absolute atomic E-state index is 0.0947. The first-order valence-electron chi connectivity index (χ1n) is 6.76. The molecule has 0 unspecified atom stereocenters. The number of nitrogens with one attached hydrogen (secondary N) is 1. The number of phenols is 1. The Balaban J connectivity index is 2.00. The molecule has 110 valence electrons. The van der Waals surface area contributed by atoms with Gasteiger partial charge in [-0.1, -0.05) is 12.1 Å². The van der Waals surface area contributed by atoms with Gasteiger partial charge in [-0.15, -0.1) is 0 Å². The molecule has 22 heavy (non-hydrogen) atoms. The van der Waals surface area contributed by atoms with Crippen molar-refractivity contribution >= 4 is 22.4 Å². The van der Waals surface area contributed by atoms with Gasteiger partial charge in [0.05, 0.1) is 10.9 Å². The average Bonchev–Trinajstić information content (AvgIpc) is 2.55. The molecule has 0 aliphatic carbocycles. The predicted octanol–water partition coefficient (Wildman–Crippen LogP) is 3.20. The molecule has 1 aromatic heterocycles. The van der Waals surface area contributed by atoms with Crippen LogP contribution in [0.4, 0.5) is 5.69 Å². The lowest BCUT2D eigenvalue weighted by atomic mass is 10.1. The van der Waals surface area contributed by atoms with Crippen molar-refractivity contribution in [1.82, 2.24) is 4.98 Å². The lowest BCUT2D eigenvalue weighted by Crippen LogP contribution is -2.10. The van der Waals surface area contributed by atoms with Gasteiger partial charge in [0.15, 0.2) is 0 Å². The smallest absolute Gasteiger partial charge is 0.344 e. The zero-order valence-electron chi connectivity index (χ0n) is 11.9. The van der Waals surface area contributed by atoms with Crippen molar-refractivity contribution < 1.29 is 14.6 Å². The van der Waals surface area contributed by atoms with E-state index in [0.717, 1.165) is 16.5 Å². The maximum Gasteiger partial charge on any atom is 0.344 e. The number of aromatic nitrogens is 1. The van der Waals surface area contributed by atoms with Crippen LogP contribution in [0.25, 0.3) is 10.8 Å². The monoisotopic (exact) mass is 294 g/mol. The fraction of sp³-hybridized carbons (Fsp3) is 0.0588. The summed E-state index contributed by atoms with van der Waals surface area (Å²) >= 11 is 0. The van der Waals surface area contributed by atoms with Gasteiger partial charge in [0.1, 0.15) is 5.75 Å². The molecule has 0 amide bonds. The number of pyridine rings is 1. The van der Waals surface area contributed by atoms with Gasteiger partial charge in [-0.25, -0.2) is 9.78 Å². The van der Waals surface area contributed by atoms with E-state index in [9.17, 15) is 9.90 Å². The SMILES string of the molecule is CNc1cccc2ccnc(OC(=O)c3ccc(O)cc3)c12. The third-order valence-corrected chi connectivity index (χ3v) is 3.32. The Hall–Kier alpha value is -3.08. The second-order valence-electron chi connectivity index (χ2n) is 4.71. The minimum atomic E-state index is -0.522. The topological polar surface area (TPSA) is 71.5 Å². The van der Waals surface area contributed by atoms with E-state index in [4.69, 9.17) is 4.74 Å². The van der Waals surface area contributed by atoms with Gasteiger partial charge >= 0.3 is 5.97 Å². The summed E-state index contributed by atoms with van der Waals surface area (Å²) < 4.78 is 5.42. The van der Waals surface area contributed by atoms with Gasteiger partial charge in [-0.2, -0.15) is 0 Å². The van der Waals surface area contributed by atoms with E-state index in [1.807, 2.05) is 24.3 Å². The summed E-state index contributed by atoms with van der Waals surface area (Å²) in [5.74, 6) is -0.177. The molecular formula is C17H14N2O3. The summed E-state index contributed by atoms with van der Waals surface area (Å²) in [6.07, 6.45) is 1.60. The van der Waals surface area contributed by atoms with Crippen LogP contribution in [-0.4, -0.2) is 23.1 Å². The van der Waals surface area contributed by atoms with Crippen LogP contribution in [0.3, 0.4) is 0 Å². The number of fused-ring (bicyclic) bond motifs is 1. The molecule has 0 spiro atoms. The van der Waals surface area contributed by atoms with E-state index in [1.54, 1.807) is 13.2 Å². The number of esters is 1. The van der Waals surface area contributed by atoms with E-state index >= 15 is 0 Å². The zero-order valence-corrected chi connectivity index (χ0v) is 11.9. The van der Waals surface area contributed by atoms with E-state index in [1.165, 1.54) is 24.3 Å². The van der Waals surface area contributed by atoms with Gasteiger partial charge in [0.2, 0.25) is 5.88 Å². The quantitative estimate of drug-likeness (QED) is 0.726. The van der Waals surface area contributed by atoms with Gasteiger partial charge in [-0.3, -0.25) is 0 Å². The largest absolute Gasteiger partial charge is 0.508 e. The first-order chi connectivity index (χ1) is 10.7. The summed E-state index contributed by atoms with van der Waals surface area (Å²) in [6.45, 7) is 0. The van der Waals surface area contributed by atoms with Crippen LogP contribution in [0.1, 0.15) is 10.4 Å². The molecule has 5 nitrogen and oxygen atoms in total. The second-order valence-corrected chi connectivity index (χ2v) is 4.71. The van der Waals surface area contributed by atoms with E-state index in [2.05, 4.69) is 10.3 Å². The molecule has 0 bridgehead atoms. The first kappa shape index (κ1) is 13.9. The van der Waals surface area contributed by atoms with Gasteiger partial charge < -0.3 is 15.2 Å². The molecule has 0 saturated heterocycles. The van der Waals surface area contributed by atoms with Crippen molar-refractivity contribution in [3.63, 3.8) is 0 Å². The van der Waals surface area contributed by atoms with Crippen LogP contribution >= 0.6 is 0 Å². The van der Waals surface area contributed by atoms with E-state index < -0.39 is 5.97 Å². The molecule has 0 radical (unpaired) electrons. The number of anilines is 1. The molecular weight excluding hydrogens is 280 g/mol. The van der Waals surface area contributed by atoms with Crippen LogP contribution in [0.15, 0.2) is 54.7 Å². The molecule has 3 rings (SSSR count). The molecule has 3 aromatic rings. The van der Waals surface area contributed by atoms with Gasteiger partial charge in [-0.05, 0) is 41.8 Å². The number of hydrogen-bond acceptors (Lipinski definition) is 5. The highest BCUT2D eigenvalue weighted by molar-refractivity contribution is 6.00. The number of ether oxygens (including phenoxy) is 1. The molecule has 0 atom stereocenters. The lowest BCUT2D eigenvalue weighted by molar-refractivity contribution is 0.0730.